The first-order chi connectivity index (χ1) is 7.43. The molecule has 1 heterocycles. The lowest BCUT2D eigenvalue weighted by atomic mass is 9.80. The normalized spacial score (nSPS) is 24.7. The molecule has 0 radical (unpaired) electrons. The van der Waals surface area contributed by atoms with Crippen LogP contribution in [0, 0.1) is 11.6 Å². The zero-order valence-corrected chi connectivity index (χ0v) is 8.51. The van der Waals surface area contributed by atoms with Gasteiger partial charge < -0.3 is 0 Å². The maximum atomic E-state index is 13.5. The van der Waals surface area contributed by atoms with Crippen molar-refractivity contribution in [2.24, 2.45) is 0 Å². The van der Waals surface area contributed by atoms with Gasteiger partial charge in [0.1, 0.15) is 11.6 Å². The summed E-state index contributed by atoms with van der Waals surface area (Å²) in [5, 5.41) is 2.11. The Balaban J connectivity index is 2.51. The van der Waals surface area contributed by atoms with E-state index in [4.69, 9.17) is 0 Å². The molecule has 0 saturated carbocycles. The summed E-state index contributed by atoms with van der Waals surface area (Å²) in [7, 11) is 0. The summed E-state index contributed by atoms with van der Waals surface area (Å²) >= 11 is 0. The molecule has 1 aromatic carbocycles. The average Bonchev–Trinajstić information content (AvgIpc) is 2.40. The van der Waals surface area contributed by atoms with Crippen molar-refractivity contribution < 1.29 is 18.4 Å². The van der Waals surface area contributed by atoms with Crippen LogP contribution in [0.1, 0.15) is 18.9 Å². The molecule has 0 bridgehead atoms. The largest absolute Gasteiger partial charge is 0.296 e. The molecular weight excluding hydrogens is 216 g/mol. The van der Waals surface area contributed by atoms with Crippen molar-refractivity contribution in [1.29, 1.82) is 0 Å². The van der Waals surface area contributed by atoms with Crippen molar-refractivity contribution in [2.75, 3.05) is 0 Å². The third kappa shape index (κ3) is 1.48. The highest BCUT2D eigenvalue weighted by atomic mass is 19.1. The highest BCUT2D eigenvalue weighted by molar-refractivity contribution is 6.08. The van der Waals surface area contributed by atoms with Crippen molar-refractivity contribution in [1.82, 2.24) is 5.32 Å². The van der Waals surface area contributed by atoms with Gasteiger partial charge in [-0.3, -0.25) is 14.9 Å². The van der Waals surface area contributed by atoms with E-state index in [1.165, 1.54) is 13.0 Å². The number of hydrogen-bond acceptors (Lipinski definition) is 2. The predicted molar refractivity (Wildman–Crippen MR) is 51.5 cm³/mol. The van der Waals surface area contributed by atoms with Crippen molar-refractivity contribution in [3.8, 4) is 0 Å². The predicted octanol–water partition coefficient (Wildman–Crippen LogP) is 1.27. The fraction of sp³-hybridized carbons (Fsp3) is 0.273. The average molecular weight is 225 g/mol. The number of benzene rings is 1. The Kier molecular flexibility index (Phi) is 2.26. The van der Waals surface area contributed by atoms with E-state index < -0.39 is 28.9 Å². The van der Waals surface area contributed by atoms with Crippen LogP contribution in [-0.2, 0) is 15.0 Å². The quantitative estimate of drug-likeness (QED) is 0.731. The number of imide groups is 1. The maximum Gasteiger partial charge on any atom is 0.237 e. The van der Waals surface area contributed by atoms with Crippen LogP contribution in [0.25, 0.3) is 0 Å². The molecule has 1 fully saturated rings. The van der Waals surface area contributed by atoms with Gasteiger partial charge in [-0.2, -0.15) is 0 Å². The van der Waals surface area contributed by atoms with Crippen LogP contribution in [0.3, 0.4) is 0 Å². The number of amides is 2. The van der Waals surface area contributed by atoms with Gasteiger partial charge in [-0.1, -0.05) is 6.07 Å². The summed E-state index contributed by atoms with van der Waals surface area (Å²) in [4.78, 5) is 22.6. The number of hydrogen-bond donors (Lipinski definition) is 1. The van der Waals surface area contributed by atoms with Gasteiger partial charge >= 0.3 is 0 Å². The summed E-state index contributed by atoms with van der Waals surface area (Å²) < 4.78 is 26.2. The Morgan fingerprint density at radius 1 is 1.31 bits per heavy atom. The van der Waals surface area contributed by atoms with Gasteiger partial charge in [0.15, 0.2) is 0 Å². The van der Waals surface area contributed by atoms with Gasteiger partial charge in [-0.05, 0) is 13.0 Å². The molecule has 0 aliphatic carbocycles. The van der Waals surface area contributed by atoms with Crippen LogP contribution < -0.4 is 5.32 Å². The molecule has 1 aliphatic rings. The monoisotopic (exact) mass is 225 g/mol. The molecule has 16 heavy (non-hydrogen) atoms. The first kappa shape index (κ1) is 10.7. The second kappa shape index (κ2) is 3.37. The van der Waals surface area contributed by atoms with E-state index in [2.05, 4.69) is 5.32 Å². The molecule has 0 aromatic heterocycles. The molecule has 1 atom stereocenters. The highest BCUT2D eigenvalue weighted by Crippen LogP contribution is 2.33. The Hall–Kier alpha value is -1.78. The molecule has 1 saturated heterocycles. The van der Waals surface area contributed by atoms with Crippen molar-refractivity contribution in [3.05, 3.63) is 35.4 Å². The highest BCUT2D eigenvalue weighted by Gasteiger charge is 2.45. The van der Waals surface area contributed by atoms with Gasteiger partial charge in [0, 0.05) is 18.1 Å². The van der Waals surface area contributed by atoms with E-state index in [-0.39, 0.29) is 12.0 Å². The third-order valence-electron chi connectivity index (χ3n) is 2.79. The molecule has 5 heteroatoms. The van der Waals surface area contributed by atoms with Crippen LogP contribution in [-0.4, -0.2) is 11.8 Å². The van der Waals surface area contributed by atoms with Crippen molar-refractivity contribution >= 4 is 11.8 Å². The first-order valence-electron chi connectivity index (χ1n) is 4.73. The van der Waals surface area contributed by atoms with Crippen LogP contribution in [0.2, 0.25) is 0 Å². The summed E-state index contributed by atoms with van der Waals surface area (Å²) in [5.74, 6) is -2.53. The van der Waals surface area contributed by atoms with E-state index in [1.807, 2.05) is 0 Å². The minimum absolute atomic E-state index is 0.0391. The number of rotatable bonds is 1. The van der Waals surface area contributed by atoms with Crippen LogP contribution >= 0.6 is 0 Å². The fourth-order valence-electron chi connectivity index (χ4n) is 1.86. The van der Waals surface area contributed by atoms with Crippen LogP contribution in [0.4, 0.5) is 8.78 Å². The number of carbonyl (C=O) groups is 2. The van der Waals surface area contributed by atoms with Gasteiger partial charge in [-0.15, -0.1) is 0 Å². The molecule has 1 aromatic rings. The second-order valence-corrected chi connectivity index (χ2v) is 4.01. The second-order valence-electron chi connectivity index (χ2n) is 4.01. The smallest absolute Gasteiger partial charge is 0.237 e. The summed E-state index contributed by atoms with van der Waals surface area (Å²) in [5.41, 5.74) is -1.20. The minimum atomic E-state index is -1.24. The Bertz CT molecular complexity index is 487. The summed E-state index contributed by atoms with van der Waals surface area (Å²) in [6.45, 7) is 1.46. The molecule has 0 spiro atoms. The van der Waals surface area contributed by atoms with E-state index >= 15 is 0 Å². The van der Waals surface area contributed by atoms with Crippen LogP contribution in [0.5, 0.6) is 0 Å². The van der Waals surface area contributed by atoms with Gasteiger partial charge in [-0.25, -0.2) is 8.78 Å². The van der Waals surface area contributed by atoms with E-state index in [9.17, 15) is 18.4 Å². The number of carbonyl (C=O) groups excluding carboxylic acids is 2. The molecular formula is C11H9F2NO2. The SMILES string of the molecule is CC1(c2ccc(F)cc2F)CC(=O)NC1=O. The zero-order chi connectivity index (χ0) is 11.9. The molecule has 1 unspecified atom stereocenters. The molecule has 2 amide bonds. The Morgan fingerprint density at radius 2 is 2.00 bits per heavy atom. The first-order valence-corrected chi connectivity index (χ1v) is 4.73. The van der Waals surface area contributed by atoms with Gasteiger partial charge in [0.2, 0.25) is 11.8 Å². The number of nitrogens with one attached hydrogen (secondary N) is 1. The fourth-order valence-corrected chi connectivity index (χ4v) is 1.86. The molecule has 3 nitrogen and oxygen atoms in total. The summed E-state index contributed by atoms with van der Waals surface area (Å²) in [6, 6.07) is 2.97. The Labute approximate surface area is 90.5 Å². The lowest BCUT2D eigenvalue weighted by Crippen LogP contribution is -2.33. The maximum absolute atomic E-state index is 13.5. The molecule has 84 valence electrons. The lowest BCUT2D eigenvalue weighted by molar-refractivity contribution is -0.126. The molecule has 1 aliphatic heterocycles. The Morgan fingerprint density at radius 3 is 2.50 bits per heavy atom. The van der Waals surface area contributed by atoms with E-state index in [1.54, 1.807) is 0 Å². The summed E-state index contributed by atoms with van der Waals surface area (Å²) in [6.07, 6.45) is -0.117. The van der Waals surface area contributed by atoms with Crippen molar-refractivity contribution in [2.45, 2.75) is 18.8 Å². The third-order valence-corrected chi connectivity index (χ3v) is 2.79. The molecule has 2 rings (SSSR count). The number of halogens is 2. The lowest BCUT2D eigenvalue weighted by Gasteiger charge is -2.20. The standard InChI is InChI=1S/C11H9F2NO2/c1-11(5-9(15)14-10(11)16)7-3-2-6(12)4-8(7)13/h2-4H,5H2,1H3,(H,14,15,16). The van der Waals surface area contributed by atoms with E-state index in [0.717, 1.165) is 6.07 Å². The van der Waals surface area contributed by atoms with Gasteiger partial charge in [0.05, 0.1) is 5.41 Å². The van der Waals surface area contributed by atoms with Crippen LogP contribution in [0.15, 0.2) is 18.2 Å². The van der Waals surface area contributed by atoms with E-state index in [0.29, 0.717) is 6.07 Å². The van der Waals surface area contributed by atoms with Gasteiger partial charge in [0.25, 0.3) is 0 Å². The van der Waals surface area contributed by atoms with Crippen molar-refractivity contribution in [3.63, 3.8) is 0 Å². The minimum Gasteiger partial charge on any atom is -0.296 e. The zero-order valence-electron chi connectivity index (χ0n) is 8.51. The molecule has 1 N–H and O–H groups in total. The topological polar surface area (TPSA) is 46.2 Å².